The number of hydrogen-bond acceptors (Lipinski definition) is 3. The molecule has 0 bridgehead atoms. The molecule has 5 nitrogen and oxygen atoms in total. The van der Waals surface area contributed by atoms with E-state index in [0.717, 1.165) is 28.3 Å². The third kappa shape index (κ3) is 2.62. The first-order chi connectivity index (χ1) is 10.6. The molecule has 0 saturated carbocycles. The van der Waals surface area contributed by atoms with Crippen molar-refractivity contribution < 1.29 is 4.74 Å². The van der Waals surface area contributed by atoms with E-state index < -0.39 is 0 Å². The number of aromatic nitrogens is 3. The van der Waals surface area contributed by atoms with Crippen LogP contribution in [-0.4, -0.2) is 21.5 Å². The van der Waals surface area contributed by atoms with Crippen molar-refractivity contribution in [2.24, 2.45) is 0 Å². The van der Waals surface area contributed by atoms with Gasteiger partial charge in [0.05, 0.1) is 12.8 Å². The molecule has 1 aromatic carbocycles. The Labute approximate surface area is 129 Å². The number of ether oxygens (including phenoxy) is 1. The number of methoxy groups -OCH3 is 1. The van der Waals surface area contributed by atoms with Crippen molar-refractivity contribution in [1.29, 1.82) is 0 Å². The highest BCUT2D eigenvalue weighted by Gasteiger charge is 2.13. The number of aromatic amines is 1. The molecule has 2 heterocycles. The van der Waals surface area contributed by atoms with E-state index in [1.54, 1.807) is 19.5 Å². The van der Waals surface area contributed by atoms with Crippen LogP contribution >= 0.6 is 0 Å². The molecule has 0 aliphatic heterocycles. The van der Waals surface area contributed by atoms with Crippen LogP contribution in [0.2, 0.25) is 0 Å². The number of benzene rings is 1. The van der Waals surface area contributed by atoms with Crippen molar-refractivity contribution in [1.82, 2.24) is 14.4 Å². The van der Waals surface area contributed by atoms with Crippen LogP contribution in [0.4, 0.5) is 0 Å². The van der Waals surface area contributed by atoms with Crippen molar-refractivity contribution in [3.63, 3.8) is 0 Å². The first-order valence-electron chi connectivity index (χ1n) is 7.33. The summed E-state index contributed by atoms with van der Waals surface area (Å²) in [6.07, 6.45) is 3.43. The molecule has 3 rings (SSSR count). The average molecular weight is 299 g/mol. The Balaban J connectivity index is 0.000000847. The summed E-state index contributed by atoms with van der Waals surface area (Å²) in [6.45, 7) is 7.91. The summed E-state index contributed by atoms with van der Waals surface area (Å²) in [5.74, 6) is 0.815. The lowest BCUT2D eigenvalue weighted by atomic mass is 10.0. The molecule has 0 atom stereocenters. The van der Waals surface area contributed by atoms with Crippen LogP contribution in [0.15, 0.2) is 35.4 Å². The van der Waals surface area contributed by atoms with Gasteiger partial charge in [-0.3, -0.25) is 9.20 Å². The van der Waals surface area contributed by atoms with Gasteiger partial charge < -0.3 is 9.72 Å². The molecule has 5 heteroatoms. The van der Waals surface area contributed by atoms with Gasteiger partial charge in [0.1, 0.15) is 5.75 Å². The molecule has 0 spiro atoms. The summed E-state index contributed by atoms with van der Waals surface area (Å²) in [7, 11) is 1.65. The minimum Gasteiger partial charge on any atom is -0.497 e. The van der Waals surface area contributed by atoms with Gasteiger partial charge in [-0.25, -0.2) is 4.98 Å². The van der Waals surface area contributed by atoms with E-state index >= 15 is 0 Å². The second-order valence-corrected chi connectivity index (χ2v) is 4.73. The molecule has 0 aliphatic rings. The normalized spacial score (nSPS) is 10.2. The number of H-pyrrole nitrogens is 1. The molecule has 0 radical (unpaired) electrons. The van der Waals surface area contributed by atoms with Crippen molar-refractivity contribution in [2.75, 3.05) is 7.11 Å². The second kappa shape index (κ2) is 6.47. The van der Waals surface area contributed by atoms with Gasteiger partial charge in [0.15, 0.2) is 0 Å². The van der Waals surface area contributed by atoms with Crippen LogP contribution < -0.4 is 10.3 Å². The van der Waals surface area contributed by atoms with E-state index in [4.69, 9.17) is 4.74 Å². The van der Waals surface area contributed by atoms with Crippen molar-refractivity contribution in [3.05, 3.63) is 52.2 Å². The molecule has 3 aromatic rings. The fourth-order valence-electron chi connectivity index (χ4n) is 2.48. The first-order valence-corrected chi connectivity index (χ1v) is 7.33. The van der Waals surface area contributed by atoms with E-state index in [1.807, 2.05) is 50.3 Å². The first kappa shape index (κ1) is 15.8. The van der Waals surface area contributed by atoms with Crippen LogP contribution in [-0.2, 0) is 0 Å². The number of rotatable bonds is 2. The average Bonchev–Trinajstić information content (AvgIpc) is 3.00. The highest BCUT2D eigenvalue weighted by molar-refractivity contribution is 5.69. The lowest BCUT2D eigenvalue weighted by molar-refractivity contribution is 0.414. The third-order valence-electron chi connectivity index (χ3n) is 3.43. The van der Waals surface area contributed by atoms with Gasteiger partial charge in [-0.15, -0.1) is 0 Å². The van der Waals surface area contributed by atoms with Crippen LogP contribution in [0.3, 0.4) is 0 Å². The quantitative estimate of drug-likeness (QED) is 0.789. The molecule has 0 saturated heterocycles. The van der Waals surface area contributed by atoms with E-state index in [-0.39, 0.29) is 5.56 Å². The van der Waals surface area contributed by atoms with Crippen LogP contribution in [0, 0.1) is 13.8 Å². The Kier molecular flexibility index (Phi) is 4.65. The van der Waals surface area contributed by atoms with E-state index in [1.165, 1.54) is 0 Å². The highest BCUT2D eigenvalue weighted by atomic mass is 16.5. The molecule has 0 aliphatic carbocycles. The van der Waals surface area contributed by atoms with E-state index in [2.05, 4.69) is 9.97 Å². The minimum atomic E-state index is -0.178. The monoisotopic (exact) mass is 299 g/mol. The maximum absolute atomic E-state index is 11.9. The van der Waals surface area contributed by atoms with Crippen molar-refractivity contribution in [2.45, 2.75) is 27.7 Å². The van der Waals surface area contributed by atoms with E-state index in [0.29, 0.717) is 5.65 Å². The Morgan fingerprint density at radius 2 is 1.95 bits per heavy atom. The Morgan fingerprint density at radius 3 is 2.59 bits per heavy atom. The maximum Gasteiger partial charge on any atom is 0.291 e. The Bertz CT molecular complexity index is 847. The standard InChI is InChI=1S/C15H15N3O2.C2H6/c1-9-8-11(20-3)4-5-12(9)13-10(2)17-15(19)14-16-6-7-18(13)14;1-2/h4-8H,1-3H3,(H,17,19);1-2H3. The summed E-state index contributed by atoms with van der Waals surface area (Å²) in [4.78, 5) is 18.8. The molecule has 22 heavy (non-hydrogen) atoms. The van der Waals surface area contributed by atoms with Gasteiger partial charge in [-0.2, -0.15) is 0 Å². The zero-order valence-electron chi connectivity index (χ0n) is 13.6. The summed E-state index contributed by atoms with van der Waals surface area (Å²) in [5, 5.41) is 0. The zero-order chi connectivity index (χ0) is 16.3. The number of fused-ring (bicyclic) bond motifs is 1. The summed E-state index contributed by atoms with van der Waals surface area (Å²) >= 11 is 0. The predicted octanol–water partition coefficient (Wildman–Crippen LogP) is 3.34. The molecule has 2 aromatic heterocycles. The number of aryl methyl sites for hydroxylation is 2. The minimum absolute atomic E-state index is 0.178. The molecule has 0 amide bonds. The molecule has 0 unspecified atom stereocenters. The summed E-state index contributed by atoms with van der Waals surface area (Å²) in [6, 6.07) is 5.88. The van der Waals surface area contributed by atoms with Gasteiger partial charge in [0.2, 0.25) is 5.65 Å². The van der Waals surface area contributed by atoms with Gasteiger partial charge in [0.25, 0.3) is 5.56 Å². The van der Waals surface area contributed by atoms with Gasteiger partial charge in [0, 0.05) is 23.7 Å². The molecular weight excluding hydrogens is 278 g/mol. The number of nitrogens with zero attached hydrogens (tertiary/aromatic N) is 2. The Morgan fingerprint density at radius 1 is 1.23 bits per heavy atom. The van der Waals surface area contributed by atoms with Crippen LogP contribution in [0.25, 0.3) is 16.9 Å². The number of hydrogen-bond donors (Lipinski definition) is 1. The number of nitrogens with one attached hydrogen (secondary N) is 1. The van der Waals surface area contributed by atoms with Gasteiger partial charge in [-0.05, 0) is 37.6 Å². The maximum atomic E-state index is 11.9. The summed E-state index contributed by atoms with van der Waals surface area (Å²) in [5.41, 5.74) is 4.10. The molecule has 1 N–H and O–H groups in total. The lowest BCUT2D eigenvalue weighted by Crippen LogP contribution is -2.14. The SMILES string of the molecule is CC.COc1ccc(-c2c(C)[nH]c(=O)c3nccn23)c(C)c1. The van der Waals surface area contributed by atoms with Crippen LogP contribution in [0.5, 0.6) is 5.75 Å². The fraction of sp³-hybridized carbons (Fsp3) is 0.294. The van der Waals surface area contributed by atoms with Gasteiger partial charge in [-0.1, -0.05) is 13.8 Å². The molecule has 0 fully saturated rings. The fourth-order valence-corrected chi connectivity index (χ4v) is 2.48. The second-order valence-electron chi connectivity index (χ2n) is 4.73. The molecule has 116 valence electrons. The topological polar surface area (TPSA) is 59.4 Å². The Hall–Kier alpha value is -2.56. The largest absolute Gasteiger partial charge is 0.497 e. The highest BCUT2D eigenvalue weighted by Crippen LogP contribution is 2.28. The van der Waals surface area contributed by atoms with Crippen LogP contribution in [0.1, 0.15) is 25.1 Å². The van der Waals surface area contributed by atoms with Crippen molar-refractivity contribution >= 4 is 5.65 Å². The number of imidazole rings is 1. The smallest absolute Gasteiger partial charge is 0.291 e. The van der Waals surface area contributed by atoms with Crippen molar-refractivity contribution in [3.8, 4) is 17.0 Å². The summed E-state index contributed by atoms with van der Waals surface area (Å²) < 4.78 is 7.05. The van der Waals surface area contributed by atoms with E-state index in [9.17, 15) is 4.79 Å². The third-order valence-corrected chi connectivity index (χ3v) is 3.43. The lowest BCUT2D eigenvalue weighted by Gasteiger charge is -2.12. The van der Waals surface area contributed by atoms with Gasteiger partial charge >= 0.3 is 0 Å². The molecular formula is C17H21N3O2. The predicted molar refractivity (Wildman–Crippen MR) is 88.6 cm³/mol. The zero-order valence-corrected chi connectivity index (χ0v) is 13.6.